The van der Waals surface area contributed by atoms with Crippen molar-refractivity contribution in [1.29, 1.82) is 0 Å². The highest BCUT2D eigenvalue weighted by Crippen LogP contribution is 2.36. The van der Waals surface area contributed by atoms with E-state index >= 15 is 0 Å². The van der Waals surface area contributed by atoms with Gasteiger partial charge in [0.15, 0.2) is 0 Å². The molecule has 6 nitrogen and oxygen atoms in total. The summed E-state index contributed by atoms with van der Waals surface area (Å²) in [5, 5.41) is 31.4. The molecule has 3 N–H and O–H groups in total. The molecule has 2 aromatic rings. The number of aryl methyl sites for hydroxylation is 1. The molecule has 196 valence electrons. The molecule has 1 heterocycles. The van der Waals surface area contributed by atoms with Gasteiger partial charge in [0.1, 0.15) is 0 Å². The van der Waals surface area contributed by atoms with Crippen LogP contribution in [0.2, 0.25) is 0 Å². The maximum absolute atomic E-state index is 11.6. The SMILES string of the molecule is CC(C)OC(=O)CCC/C=C\C[C@@H]1[C@@H](/C=C/[C@@H](O)CCc2ccc(-c3ccoc3)cc2)[C@H](O)C[C@@H]1O. The number of unbranched alkanes of at least 4 members (excludes halogenated alkanes) is 1. The summed E-state index contributed by atoms with van der Waals surface area (Å²) in [6, 6.07) is 10.1. The van der Waals surface area contributed by atoms with Gasteiger partial charge in [-0.05, 0) is 69.1 Å². The molecule has 0 radical (unpaired) electrons. The average molecular weight is 497 g/mol. The lowest BCUT2D eigenvalue weighted by Crippen LogP contribution is -2.20. The number of esters is 1. The molecule has 0 saturated heterocycles. The molecule has 1 aromatic heterocycles. The minimum absolute atomic E-state index is 0.0912. The highest BCUT2D eigenvalue weighted by atomic mass is 16.5. The van der Waals surface area contributed by atoms with E-state index < -0.39 is 18.3 Å². The lowest BCUT2D eigenvalue weighted by molar-refractivity contribution is -0.147. The van der Waals surface area contributed by atoms with Crippen molar-refractivity contribution >= 4 is 5.97 Å². The van der Waals surface area contributed by atoms with Crippen molar-refractivity contribution in [3.63, 3.8) is 0 Å². The molecule has 1 fully saturated rings. The molecule has 0 amide bonds. The Morgan fingerprint density at radius 1 is 1.11 bits per heavy atom. The molecule has 5 atom stereocenters. The number of benzene rings is 1. The summed E-state index contributed by atoms with van der Waals surface area (Å²) in [7, 11) is 0. The molecule has 0 unspecified atom stereocenters. The summed E-state index contributed by atoms with van der Waals surface area (Å²) in [6.07, 6.45) is 13.3. The lowest BCUT2D eigenvalue weighted by atomic mass is 9.89. The first-order valence-electron chi connectivity index (χ1n) is 13.0. The monoisotopic (exact) mass is 496 g/mol. The third-order valence-electron chi connectivity index (χ3n) is 6.70. The third kappa shape index (κ3) is 8.77. The van der Waals surface area contributed by atoms with Crippen LogP contribution in [0.25, 0.3) is 11.1 Å². The first-order valence-corrected chi connectivity index (χ1v) is 13.0. The fraction of sp³-hybridized carbons (Fsp3) is 0.500. The second-order valence-corrected chi connectivity index (χ2v) is 9.95. The molecule has 1 saturated carbocycles. The zero-order valence-electron chi connectivity index (χ0n) is 21.3. The van der Waals surface area contributed by atoms with Gasteiger partial charge in [-0.25, -0.2) is 0 Å². The van der Waals surface area contributed by atoms with Gasteiger partial charge in [-0.3, -0.25) is 4.79 Å². The summed E-state index contributed by atoms with van der Waals surface area (Å²) in [4.78, 5) is 11.6. The van der Waals surface area contributed by atoms with Crippen molar-refractivity contribution in [3.05, 3.63) is 72.7 Å². The van der Waals surface area contributed by atoms with Gasteiger partial charge in [-0.15, -0.1) is 0 Å². The number of furan rings is 1. The number of allylic oxidation sites excluding steroid dienone is 2. The van der Waals surface area contributed by atoms with Crippen LogP contribution in [0.4, 0.5) is 0 Å². The molecule has 6 heteroatoms. The number of ether oxygens (including phenoxy) is 1. The zero-order valence-corrected chi connectivity index (χ0v) is 21.3. The number of hydrogen-bond acceptors (Lipinski definition) is 6. The fourth-order valence-corrected chi connectivity index (χ4v) is 4.72. The van der Waals surface area contributed by atoms with Gasteiger partial charge in [-0.2, -0.15) is 0 Å². The Labute approximate surface area is 214 Å². The normalized spacial score (nSPS) is 23.2. The highest BCUT2D eigenvalue weighted by Gasteiger charge is 2.39. The van der Waals surface area contributed by atoms with Crippen LogP contribution >= 0.6 is 0 Å². The van der Waals surface area contributed by atoms with Gasteiger partial charge >= 0.3 is 5.97 Å². The lowest BCUT2D eigenvalue weighted by Gasteiger charge is -2.19. The molecular weight excluding hydrogens is 456 g/mol. The van der Waals surface area contributed by atoms with Gasteiger partial charge in [-0.1, -0.05) is 48.6 Å². The molecule has 3 rings (SSSR count). The summed E-state index contributed by atoms with van der Waals surface area (Å²) in [5.41, 5.74) is 3.28. The quantitative estimate of drug-likeness (QED) is 0.200. The van der Waals surface area contributed by atoms with Gasteiger partial charge in [0.05, 0.1) is 36.9 Å². The Kier molecular flexibility index (Phi) is 11.0. The number of hydrogen-bond donors (Lipinski definition) is 3. The van der Waals surface area contributed by atoms with Gasteiger partial charge in [0.25, 0.3) is 0 Å². The second-order valence-electron chi connectivity index (χ2n) is 9.95. The summed E-state index contributed by atoms with van der Waals surface area (Å²) in [6.45, 7) is 3.68. The molecule has 1 aliphatic rings. The zero-order chi connectivity index (χ0) is 25.9. The predicted molar refractivity (Wildman–Crippen MR) is 140 cm³/mol. The van der Waals surface area contributed by atoms with Crippen molar-refractivity contribution in [2.45, 2.75) is 83.2 Å². The largest absolute Gasteiger partial charge is 0.472 e. The van der Waals surface area contributed by atoms with Crippen molar-refractivity contribution < 1.29 is 29.3 Å². The average Bonchev–Trinajstić information content (AvgIpc) is 3.46. The van der Waals surface area contributed by atoms with E-state index in [1.807, 2.05) is 50.3 Å². The second kappa shape index (κ2) is 14.2. The van der Waals surface area contributed by atoms with E-state index in [-0.39, 0.29) is 23.9 Å². The summed E-state index contributed by atoms with van der Waals surface area (Å²) < 4.78 is 10.3. The Morgan fingerprint density at radius 3 is 2.58 bits per heavy atom. The maximum Gasteiger partial charge on any atom is 0.306 e. The van der Waals surface area contributed by atoms with E-state index in [1.165, 1.54) is 0 Å². The van der Waals surface area contributed by atoms with Crippen LogP contribution < -0.4 is 0 Å². The number of aliphatic hydroxyl groups is 3. The van der Waals surface area contributed by atoms with Crippen molar-refractivity contribution in [2.24, 2.45) is 11.8 Å². The van der Waals surface area contributed by atoms with Crippen molar-refractivity contribution in [3.8, 4) is 11.1 Å². The maximum atomic E-state index is 11.6. The molecule has 36 heavy (non-hydrogen) atoms. The standard InChI is InChI=1S/C30H40O6/c1-21(2)36-30(34)8-6-4-3-5-7-26-27(29(33)19-28(26)32)16-15-25(31)14-11-22-9-12-23(13-10-22)24-17-18-35-20-24/h3,5,9-10,12-13,15-18,20-21,25-29,31-33H,4,6-8,11,14,19H2,1-2H3/b5-3-,16-15+/t25-,26+,27+,28-,29+/m0/s1. The molecule has 1 aliphatic carbocycles. The van der Waals surface area contributed by atoms with Crippen LogP contribution in [-0.2, 0) is 16.0 Å². The van der Waals surface area contributed by atoms with Crippen LogP contribution in [0, 0.1) is 11.8 Å². The van der Waals surface area contributed by atoms with E-state index in [1.54, 1.807) is 18.6 Å². The fourth-order valence-electron chi connectivity index (χ4n) is 4.72. The molecular formula is C30H40O6. The molecule has 1 aromatic carbocycles. The van der Waals surface area contributed by atoms with Gasteiger partial charge in [0, 0.05) is 24.3 Å². The van der Waals surface area contributed by atoms with E-state index in [9.17, 15) is 20.1 Å². The number of aliphatic hydroxyl groups excluding tert-OH is 3. The minimum Gasteiger partial charge on any atom is -0.472 e. The minimum atomic E-state index is -0.622. The molecule has 0 bridgehead atoms. The Hall–Kier alpha value is -2.67. The molecule has 0 spiro atoms. The van der Waals surface area contributed by atoms with Crippen LogP contribution in [0.3, 0.4) is 0 Å². The highest BCUT2D eigenvalue weighted by molar-refractivity contribution is 5.69. The first-order chi connectivity index (χ1) is 17.3. The van der Waals surface area contributed by atoms with E-state index in [4.69, 9.17) is 9.15 Å². The molecule has 0 aliphatic heterocycles. The predicted octanol–water partition coefficient (Wildman–Crippen LogP) is 5.22. The van der Waals surface area contributed by atoms with Crippen LogP contribution in [0.5, 0.6) is 0 Å². The number of carbonyl (C=O) groups is 1. The summed E-state index contributed by atoms with van der Waals surface area (Å²) >= 11 is 0. The smallest absolute Gasteiger partial charge is 0.306 e. The van der Waals surface area contributed by atoms with Crippen LogP contribution in [0.15, 0.2) is 71.6 Å². The van der Waals surface area contributed by atoms with E-state index in [0.29, 0.717) is 25.7 Å². The Morgan fingerprint density at radius 2 is 1.89 bits per heavy atom. The number of rotatable bonds is 13. The van der Waals surface area contributed by atoms with Crippen LogP contribution in [0.1, 0.15) is 57.9 Å². The third-order valence-corrected chi connectivity index (χ3v) is 6.70. The Bertz CT molecular complexity index is 960. The topological polar surface area (TPSA) is 100 Å². The van der Waals surface area contributed by atoms with Crippen molar-refractivity contribution in [2.75, 3.05) is 0 Å². The van der Waals surface area contributed by atoms with Gasteiger partial charge in [0.2, 0.25) is 0 Å². The first kappa shape index (κ1) is 27.9. The van der Waals surface area contributed by atoms with Gasteiger partial charge < -0.3 is 24.5 Å². The van der Waals surface area contributed by atoms with E-state index in [0.717, 1.165) is 36.0 Å². The van der Waals surface area contributed by atoms with Crippen molar-refractivity contribution in [1.82, 2.24) is 0 Å². The summed E-state index contributed by atoms with van der Waals surface area (Å²) in [5.74, 6) is -0.474. The Balaban J connectivity index is 1.43. The number of carbonyl (C=O) groups excluding carboxylic acids is 1. The van der Waals surface area contributed by atoms with E-state index in [2.05, 4.69) is 12.1 Å². The van der Waals surface area contributed by atoms with Crippen LogP contribution in [-0.4, -0.2) is 45.7 Å².